The third kappa shape index (κ3) is 2.54. The highest BCUT2D eigenvalue weighted by Gasteiger charge is 2.15. The molecular weight excluding hydrogens is 252 g/mol. The normalized spacial score (nSPS) is 12.4. The Morgan fingerprint density at radius 2 is 2.17 bits per heavy atom. The number of halogens is 1. The molecule has 0 radical (unpaired) electrons. The van der Waals surface area contributed by atoms with E-state index in [-0.39, 0.29) is 0 Å². The van der Waals surface area contributed by atoms with Crippen molar-refractivity contribution in [1.82, 2.24) is 9.78 Å². The summed E-state index contributed by atoms with van der Waals surface area (Å²) in [5.41, 5.74) is 2.52. The SMILES string of the molecule is Cc1cc(Cl)cc(-n2cc(C(C)C(=O)O)cn2)c1. The second kappa shape index (κ2) is 4.82. The van der Waals surface area contributed by atoms with Crippen molar-refractivity contribution in [1.29, 1.82) is 0 Å². The van der Waals surface area contributed by atoms with E-state index < -0.39 is 11.9 Å². The number of hydrogen-bond acceptors (Lipinski definition) is 2. The molecule has 0 spiro atoms. The van der Waals surface area contributed by atoms with Gasteiger partial charge in [-0.1, -0.05) is 11.6 Å². The topological polar surface area (TPSA) is 55.1 Å². The van der Waals surface area contributed by atoms with E-state index in [9.17, 15) is 4.79 Å². The van der Waals surface area contributed by atoms with Crippen molar-refractivity contribution >= 4 is 17.6 Å². The quantitative estimate of drug-likeness (QED) is 0.927. The molecule has 1 aromatic carbocycles. The largest absolute Gasteiger partial charge is 0.481 e. The highest BCUT2D eigenvalue weighted by atomic mass is 35.5. The number of aliphatic carboxylic acids is 1. The minimum atomic E-state index is -0.864. The van der Waals surface area contributed by atoms with Crippen LogP contribution in [-0.2, 0) is 4.79 Å². The number of benzene rings is 1. The van der Waals surface area contributed by atoms with Gasteiger partial charge in [-0.15, -0.1) is 0 Å². The van der Waals surface area contributed by atoms with Gasteiger partial charge in [-0.25, -0.2) is 4.68 Å². The number of hydrogen-bond donors (Lipinski definition) is 1. The van der Waals surface area contributed by atoms with Gasteiger partial charge < -0.3 is 5.11 Å². The molecular formula is C13H13ClN2O2. The zero-order chi connectivity index (χ0) is 13.3. The van der Waals surface area contributed by atoms with E-state index in [2.05, 4.69) is 5.10 Å². The minimum absolute atomic E-state index is 0.570. The third-order valence-electron chi connectivity index (χ3n) is 2.76. The molecule has 1 unspecified atom stereocenters. The average Bonchev–Trinajstić information content (AvgIpc) is 2.75. The molecule has 2 aromatic rings. The van der Waals surface area contributed by atoms with E-state index in [4.69, 9.17) is 16.7 Å². The van der Waals surface area contributed by atoms with Crippen LogP contribution in [0, 0.1) is 6.92 Å². The number of carbonyl (C=O) groups is 1. The Kier molecular flexibility index (Phi) is 3.39. The van der Waals surface area contributed by atoms with Crippen LogP contribution in [0.3, 0.4) is 0 Å². The molecule has 0 bridgehead atoms. The van der Waals surface area contributed by atoms with Gasteiger partial charge in [-0.3, -0.25) is 4.79 Å². The average molecular weight is 265 g/mol. The molecule has 1 aromatic heterocycles. The molecule has 2 rings (SSSR count). The van der Waals surface area contributed by atoms with Gasteiger partial charge in [0.15, 0.2) is 0 Å². The fraction of sp³-hybridized carbons (Fsp3) is 0.231. The molecule has 18 heavy (non-hydrogen) atoms. The number of carboxylic acid groups (broad SMARTS) is 1. The molecule has 0 saturated carbocycles. The fourth-order valence-corrected chi connectivity index (χ4v) is 1.98. The standard InChI is InChI=1S/C13H13ClN2O2/c1-8-3-11(14)5-12(4-8)16-7-10(6-15-16)9(2)13(17)18/h3-7,9H,1-2H3,(H,17,18). The first-order chi connectivity index (χ1) is 8.47. The molecule has 5 heteroatoms. The lowest BCUT2D eigenvalue weighted by Crippen LogP contribution is -2.06. The maximum atomic E-state index is 10.9. The maximum absolute atomic E-state index is 10.9. The van der Waals surface area contributed by atoms with Gasteiger partial charge in [0, 0.05) is 16.8 Å². The number of rotatable bonds is 3. The van der Waals surface area contributed by atoms with Crippen molar-refractivity contribution in [2.24, 2.45) is 0 Å². The Hall–Kier alpha value is -1.81. The van der Waals surface area contributed by atoms with Gasteiger partial charge in [0.05, 0.1) is 17.8 Å². The van der Waals surface area contributed by atoms with Crippen LogP contribution in [-0.4, -0.2) is 20.9 Å². The van der Waals surface area contributed by atoms with Crippen molar-refractivity contribution in [3.63, 3.8) is 0 Å². The van der Waals surface area contributed by atoms with Crippen LogP contribution >= 0.6 is 11.6 Å². The molecule has 1 heterocycles. The van der Waals surface area contributed by atoms with E-state index in [1.165, 1.54) is 0 Å². The van der Waals surface area contributed by atoms with Gasteiger partial charge in [-0.2, -0.15) is 5.10 Å². The zero-order valence-electron chi connectivity index (χ0n) is 10.1. The number of aryl methyl sites for hydroxylation is 1. The summed E-state index contributed by atoms with van der Waals surface area (Å²) in [4.78, 5) is 10.9. The molecule has 1 atom stereocenters. The summed E-state index contributed by atoms with van der Waals surface area (Å²) in [6, 6.07) is 5.58. The Morgan fingerprint density at radius 1 is 1.44 bits per heavy atom. The Labute approximate surface area is 110 Å². The number of nitrogens with zero attached hydrogens (tertiary/aromatic N) is 2. The van der Waals surface area contributed by atoms with Gasteiger partial charge in [0.25, 0.3) is 0 Å². The molecule has 0 fully saturated rings. The van der Waals surface area contributed by atoms with E-state index in [1.54, 1.807) is 30.1 Å². The summed E-state index contributed by atoms with van der Waals surface area (Å²) >= 11 is 5.98. The minimum Gasteiger partial charge on any atom is -0.481 e. The first-order valence-corrected chi connectivity index (χ1v) is 5.90. The fourth-order valence-electron chi connectivity index (χ4n) is 1.69. The van der Waals surface area contributed by atoms with Crippen LogP contribution in [0.1, 0.15) is 24.0 Å². The summed E-state index contributed by atoms with van der Waals surface area (Å²) in [7, 11) is 0. The first-order valence-electron chi connectivity index (χ1n) is 5.52. The molecule has 4 nitrogen and oxygen atoms in total. The second-order valence-corrected chi connectivity index (χ2v) is 4.70. The highest BCUT2D eigenvalue weighted by Crippen LogP contribution is 2.20. The zero-order valence-corrected chi connectivity index (χ0v) is 10.8. The van der Waals surface area contributed by atoms with E-state index in [0.29, 0.717) is 10.6 Å². The lowest BCUT2D eigenvalue weighted by Gasteiger charge is -2.04. The first kappa shape index (κ1) is 12.6. The van der Waals surface area contributed by atoms with E-state index >= 15 is 0 Å². The van der Waals surface area contributed by atoms with Crippen molar-refractivity contribution in [3.05, 3.63) is 46.7 Å². The number of carboxylic acids is 1. The third-order valence-corrected chi connectivity index (χ3v) is 2.98. The summed E-state index contributed by atoms with van der Waals surface area (Å²) in [6.07, 6.45) is 3.28. The molecule has 0 aliphatic carbocycles. The van der Waals surface area contributed by atoms with Crippen molar-refractivity contribution in [3.8, 4) is 5.69 Å². The van der Waals surface area contributed by atoms with Crippen molar-refractivity contribution in [2.45, 2.75) is 19.8 Å². The van der Waals surface area contributed by atoms with Gasteiger partial charge in [0.1, 0.15) is 0 Å². The molecule has 0 saturated heterocycles. The maximum Gasteiger partial charge on any atom is 0.310 e. The summed E-state index contributed by atoms with van der Waals surface area (Å²) in [5, 5.41) is 13.7. The molecule has 0 aliphatic heterocycles. The van der Waals surface area contributed by atoms with Gasteiger partial charge >= 0.3 is 5.97 Å². The van der Waals surface area contributed by atoms with Gasteiger partial charge in [-0.05, 0) is 37.6 Å². The predicted octanol–water partition coefficient (Wildman–Crippen LogP) is 3.02. The number of aromatic nitrogens is 2. The summed E-state index contributed by atoms with van der Waals surface area (Å²) in [5.74, 6) is -1.43. The predicted molar refractivity (Wildman–Crippen MR) is 69.4 cm³/mol. The van der Waals surface area contributed by atoms with Crippen LogP contribution < -0.4 is 0 Å². The second-order valence-electron chi connectivity index (χ2n) is 4.26. The van der Waals surface area contributed by atoms with Gasteiger partial charge in [0.2, 0.25) is 0 Å². The Bertz CT molecular complexity index is 572. The van der Waals surface area contributed by atoms with Crippen LogP contribution in [0.15, 0.2) is 30.6 Å². The monoisotopic (exact) mass is 264 g/mol. The lowest BCUT2D eigenvalue weighted by molar-refractivity contribution is -0.138. The highest BCUT2D eigenvalue weighted by molar-refractivity contribution is 6.30. The summed E-state index contributed by atoms with van der Waals surface area (Å²) < 4.78 is 1.63. The smallest absolute Gasteiger partial charge is 0.310 e. The van der Waals surface area contributed by atoms with Crippen LogP contribution in [0.25, 0.3) is 5.69 Å². The Morgan fingerprint density at radius 3 is 2.78 bits per heavy atom. The van der Waals surface area contributed by atoms with Crippen molar-refractivity contribution < 1.29 is 9.90 Å². The molecule has 1 N–H and O–H groups in total. The van der Waals surface area contributed by atoms with E-state index in [1.807, 2.05) is 19.1 Å². The van der Waals surface area contributed by atoms with Crippen LogP contribution in [0.5, 0.6) is 0 Å². The summed E-state index contributed by atoms with van der Waals surface area (Å²) in [6.45, 7) is 3.58. The lowest BCUT2D eigenvalue weighted by atomic mass is 10.1. The molecule has 0 amide bonds. The van der Waals surface area contributed by atoms with E-state index in [0.717, 1.165) is 11.3 Å². The van der Waals surface area contributed by atoms with Crippen molar-refractivity contribution in [2.75, 3.05) is 0 Å². The Balaban J connectivity index is 2.37. The van der Waals surface area contributed by atoms with Crippen LogP contribution in [0.2, 0.25) is 5.02 Å². The molecule has 0 aliphatic rings. The molecule has 94 valence electrons. The van der Waals surface area contributed by atoms with Crippen LogP contribution in [0.4, 0.5) is 0 Å².